The summed E-state index contributed by atoms with van der Waals surface area (Å²) in [7, 11) is 3.43. The molecule has 0 amide bonds. The van der Waals surface area contributed by atoms with E-state index < -0.39 is 5.60 Å². The Kier molecular flexibility index (Phi) is 8.10. The van der Waals surface area contributed by atoms with E-state index in [0.29, 0.717) is 0 Å². The molecule has 2 aliphatic carbocycles. The first-order chi connectivity index (χ1) is 27.9. The maximum Gasteiger partial charge on any atom is 0.178 e. The van der Waals surface area contributed by atoms with Crippen molar-refractivity contribution in [2.75, 3.05) is 14.2 Å². The summed E-state index contributed by atoms with van der Waals surface area (Å²) in [5, 5.41) is 4.88. The van der Waals surface area contributed by atoms with E-state index in [1.807, 2.05) is 24.3 Å². The molecule has 0 saturated heterocycles. The first kappa shape index (κ1) is 36.5. The number of rotatable bonds is 5. The molecular formula is C55H52O3. The van der Waals surface area contributed by atoms with Crippen LogP contribution in [0.5, 0.6) is 17.2 Å². The van der Waals surface area contributed by atoms with Crippen LogP contribution in [-0.4, -0.2) is 14.2 Å². The normalized spacial score (nSPS) is 17.7. The van der Waals surface area contributed by atoms with Crippen molar-refractivity contribution in [3.8, 4) is 39.5 Å². The minimum Gasteiger partial charge on any atom is -0.497 e. The smallest absolute Gasteiger partial charge is 0.178 e. The lowest BCUT2D eigenvalue weighted by atomic mass is 9.52. The van der Waals surface area contributed by atoms with Crippen LogP contribution in [0.15, 0.2) is 127 Å². The van der Waals surface area contributed by atoms with Crippen molar-refractivity contribution in [2.45, 2.75) is 71.8 Å². The van der Waals surface area contributed by atoms with Crippen molar-refractivity contribution in [3.63, 3.8) is 0 Å². The molecule has 3 aliphatic rings. The number of aryl methyl sites for hydroxylation is 2. The van der Waals surface area contributed by atoms with Crippen molar-refractivity contribution in [2.24, 2.45) is 10.8 Å². The lowest BCUT2D eigenvalue weighted by Gasteiger charge is -2.52. The number of benzene rings is 7. The van der Waals surface area contributed by atoms with Gasteiger partial charge < -0.3 is 14.2 Å². The molecule has 1 spiro atoms. The fourth-order valence-electron chi connectivity index (χ4n) is 11.9. The third-order valence-electron chi connectivity index (χ3n) is 13.5. The quantitative estimate of drug-likeness (QED) is 0.175. The molecule has 7 aromatic rings. The zero-order valence-electron chi connectivity index (χ0n) is 35.0. The zero-order chi connectivity index (χ0) is 40.2. The van der Waals surface area contributed by atoms with E-state index in [-0.39, 0.29) is 16.2 Å². The van der Waals surface area contributed by atoms with E-state index in [4.69, 9.17) is 14.2 Å². The molecule has 3 nitrogen and oxygen atoms in total. The van der Waals surface area contributed by atoms with Gasteiger partial charge in [0, 0.05) is 27.5 Å². The minimum atomic E-state index is -0.919. The fraction of sp³-hybridized carbons (Fsp3) is 0.273. The van der Waals surface area contributed by atoms with Crippen LogP contribution in [-0.2, 0) is 11.0 Å². The topological polar surface area (TPSA) is 27.7 Å². The first-order valence-corrected chi connectivity index (χ1v) is 20.8. The van der Waals surface area contributed by atoms with Gasteiger partial charge >= 0.3 is 0 Å². The summed E-state index contributed by atoms with van der Waals surface area (Å²) in [6.45, 7) is 14.5. The van der Waals surface area contributed by atoms with Gasteiger partial charge in [-0.1, -0.05) is 130 Å². The predicted octanol–water partition coefficient (Wildman–Crippen LogP) is 14.1. The molecule has 1 aliphatic heterocycles. The molecule has 3 heteroatoms. The molecule has 7 aromatic carbocycles. The van der Waals surface area contributed by atoms with Crippen LogP contribution in [0.4, 0.5) is 0 Å². The van der Waals surface area contributed by atoms with Crippen LogP contribution in [0.1, 0.15) is 85.9 Å². The molecule has 1 fully saturated rings. The monoisotopic (exact) mass is 760 g/mol. The summed E-state index contributed by atoms with van der Waals surface area (Å²) < 4.78 is 19.2. The van der Waals surface area contributed by atoms with Crippen LogP contribution in [0.2, 0.25) is 0 Å². The molecule has 0 unspecified atom stereocenters. The Hall–Kier alpha value is -5.80. The van der Waals surface area contributed by atoms with Gasteiger partial charge in [0.05, 0.1) is 14.2 Å². The Labute approximate surface area is 343 Å². The molecule has 290 valence electrons. The highest BCUT2D eigenvalue weighted by Crippen LogP contribution is 2.67. The number of fused-ring (bicyclic) bond motifs is 11. The number of methoxy groups -OCH3 is 2. The van der Waals surface area contributed by atoms with Gasteiger partial charge in [0.1, 0.15) is 17.2 Å². The number of ether oxygens (including phenoxy) is 3. The maximum absolute atomic E-state index is 7.89. The molecule has 1 heterocycles. The van der Waals surface area contributed by atoms with E-state index >= 15 is 0 Å². The second-order valence-corrected chi connectivity index (χ2v) is 18.9. The molecule has 10 rings (SSSR count). The molecule has 1 saturated carbocycles. The van der Waals surface area contributed by atoms with Crippen molar-refractivity contribution in [3.05, 3.63) is 166 Å². The predicted molar refractivity (Wildman–Crippen MR) is 240 cm³/mol. The lowest BCUT2D eigenvalue weighted by molar-refractivity contribution is 0.0641. The molecular weight excluding hydrogens is 709 g/mol. The van der Waals surface area contributed by atoms with E-state index in [1.165, 1.54) is 72.7 Å². The van der Waals surface area contributed by atoms with Crippen molar-refractivity contribution in [1.29, 1.82) is 0 Å². The average Bonchev–Trinajstić information content (AvgIpc) is 3.46. The van der Waals surface area contributed by atoms with Gasteiger partial charge in [-0.25, -0.2) is 0 Å². The SMILES string of the molecule is COc1ccc(C2(c3ccc(OC)cc3)C=Cc3c4c(c5cc(C)c(-c6cccc7ccccc67)cc5c3O2)-c2ccc(C)cc2C42CC(C)(C)CC(C)(C)C2)cc1. The molecule has 58 heavy (non-hydrogen) atoms. The van der Waals surface area contributed by atoms with E-state index in [0.717, 1.165) is 46.6 Å². The van der Waals surface area contributed by atoms with Gasteiger partial charge in [0.15, 0.2) is 5.60 Å². The Morgan fingerprint density at radius 3 is 1.86 bits per heavy atom. The summed E-state index contributed by atoms with van der Waals surface area (Å²) in [5.74, 6) is 2.56. The van der Waals surface area contributed by atoms with Crippen LogP contribution in [0, 0.1) is 24.7 Å². The Bertz CT molecular complexity index is 2750. The maximum atomic E-state index is 7.89. The van der Waals surface area contributed by atoms with Crippen molar-refractivity contribution < 1.29 is 14.2 Å². The average molecular weight is 761 g/mol. The van der Waals surface area contributed by atoms with E-state index in [2.05, 4.69) is 151 Å². The molecule has 0 aromatic heterocycles. The second kappa shape index (κ2) is 12.9. The third kappa shape index (κ3) is 5.46. The highest BCUT2D eigenvalue weighted by Gasteiger charge is 2.55. The largest absolute Gasteiger partial charge is 0.497 e. The third-order valence-corrected chi connectivity index (χ3v) is 13.5. The minimum absolute atomic E-state index is 0.134. The highest BCUT2D eigenvalue weighted by atomic mass is 16.5. The van der Waals surface area contributed by atoms with Gasteiger partial charge in [-0.05, 0) is 135 Å². The van der Waals surface area contributed by atoms with Crippen LogP contribution in [0.25, 0.3) is 49.9 Å². The summed E-state index contributed by atoms with van der Waals surface area (Å²) >= 11 is 0. The molecule has 0 N–H and O–H groups in total. The second-order valence-electron chi connectivity index (χ2n) is 18.9. The molecule has 0 atom stereocenters. The van der Waals surface area contributed by atoms with Gasteiger partial charge in [-0.2, -0.15) is 0 Å². The standard InChI is InChI=1S/C55H52O3/c1-34-16-25-43-48(28-34)54(32-52(3,4)31-53(5,6)33-54)50-44-26-27-55(37-17-21-39(56-7)22-18-37,38-19-23-40(57-8)24-20-38)58-51(44)47-30-45(35(2)29-46(47)49(43)50)42-15-11-13-36-12-9-10-14-41(36)42/h9-30H,31-33H2,1-8H3. The van der Waals surface area contributed by atoms with Crippen molar-refractivity contribution in [1.82, 2.24) is 0 Å². The fourth-order valence-corrected chi connectivity index (χ4v) is 11.9. The molecule has 0 bridgehead atoms. The molecule has 0 radical (unpaired) electrons. The first-order valence-electron chi connectivity index (χ1n) is 20.8. The van der Waals surface area contributed by atoms with Crippen LogP contribution in [0.3, 0.4) is 0 Å². The van der Waals surface area contributed by atoms with Gasteiger partial charge in [0.25, 0.3) is 0 Å². The Balaban J connectivity index is 1.34. The lowest BCUT2D eigenvalue weighted by Crippen LogP contribution is -2.44. The van der Waals surface area contributed by atoms with Crippen molar-refractivity contribution >= 4 is 27.6 Å². The zero-order valence-corrected chi connectivity index (χ0v) is 35.0. The van der Waals surface area contributed by atoms with E-state index in [1.54, 1.807) is 14.2 Å². The number of hydrogen-bond donors (Lipinski definition) is 0. The van der Waals surface area contributed by atoms with E-state index in [9.17, 15) is 0 Å². The Morgan fingerprint density at radius 1 is 0.569 bits per heavy atom. The Morgan fingerprint density at radius 2 is 1.21 bits per heavy atom. The van der Waals surface area contributed by atoms with Crippen LogP contribution >= 0.6 is 0 Å². The summed E-state index contributed by atoms with van der Waals surface area (Å²) in [4.78, 5) is 0. The highest BCUT2D eigenvalue weighted by molar-refractivity contribution is 6.11. The van der Waals surface area contributed by atoms with Gasteiger partial charge in [-0.3, -0.25) is 0 Å². The van der Waals surface area contributed by atoms with Crippen LogP contribution < -0.4 is 14.2 Å². The number of hydrogen-bond acceptors (Lipinski definition) is 3. The van der Waals surface area contributed by atoms with Gasteiger partial charge in [-0.15, -0.1) is 0 Å². The summed E-state index contributed by atoms with van der Waals surface area (Å²) in [5.41, 5.74) is 13.1. The summed E-state index contributed by atoms with van der Waals surface area (Å²) in [6, 6.07) is 44.3. The van der Waals surface area contributed by atoms with Gasteiger partial charge in [0.2, 0.25) is 0 Å². The summed E-state index contributed by atoms with van der Waals surface area (Å²) in [6.07, 6.45) is 8.07.